The quantitative estimate of drug-likeness (QED) is 0.713. The van der Waals surface area contributed by atoms with Crippen LogP contribution in [0.5, 0.6) is 0 Å². The molecule has 0 unspecified atom stereocenters. The summed E-state index contributed by atoms with van der Waals surface area (Å²) in [5.41, 5.74) is 0.173. The third-order valence-corrected chi connectivity index (χ3v) is 2.13. The monoisotopic (exact) mass is 182 g/mol. The van der Waals surface area contributed by atoms with Crippen LogP contribution in [0, 0.1) is 0 Å². The van der Waals surface area contributed by atoms with Gasteiger partial charge in [0.2, 0.25) is 0 Å². The van der Waals surface area contributed by atoms with Crippen LogP contribution >= 0.6 is 0 Å². The number of carbonyl (C=O) groups is 1. The van der Waals surface area contributed by atoms with Gasteiger partial charge in [-0.25, -0.2) is 0 Å². The standard InChI is InChI=1S/C10H14O3/c1-10(2,12-3)9(11)6-8-4-5-13-7-8/h4-5,7H,6H2,1-3H3. The van der Waals surface area contributed by atoms with E-state index in [1.54, 1.807) is 32.4 Å². The van der Waals surface area contributed by atoms with Crippen molar-refractivity contribution in [3.05, 3.63) is 24.2 Å². The van der Waals surface area contributed by atoms with Crippen molar-refractivity contribution in [2.24, 2.45) is 0 Å². The molecule has 0 aliphatic carbocycles. The first kappa shape index (κ1) is 9.99. The Kier molecular flexibility index (Phi) is 2.88. The van der Waals surface area contributed by atoms with Gasteiger partial charge in [-0.15, -0.1) is 0 Å². The minimum Gasteiger partial charge on any atom is -0.472 e. The highest BCUT2D eigenvalue weighted by Crippen LogP contribution is 2.13. The second kappa shape index (κ2) is 3.75. The number of furan rings is 1. The van der Waals surface area contributed by atoms with Crippen molar-refractivity contribution >= 4 is 5.78 Å². The number of ketones is 1. The van der Waals surface area contributed by atoms with E-state index in [2.05, 4.69) is 0 Å². The average Bonchev–Trinajstić information content (AvgIpc) is 2.57. The predicted octanol–water partition coefficient (Wildman–Crippen LogP) is 1.82. The number of hydrogen-bond donors (Lipinski definition) is 0. The maximum absolute atomic E-state index is 11.6. The Balaban J connectivity index is 2.61. The third kappa shape index (κ3) is 2.42. The van der Waals surface area contributed by atoms with Crippen molar-refractivity contribution in [1.29, 1.82) is 0 Å². The molecular weight excluding hydrogens is 168 g/mol. The van der Waals surface area contributed by atoms with Gasteiger partial charge in [0.05, 0.1) is 12.5 Å². The molecule has 72 valence electrons. The summed E-state index contributed by atoms with van der Waals surface area (Å²) in [4.78, 5) is 11.6. The highest BCUT2D eigenvalue weighted by Gasteiger charge is 2.26. The van der Waals surface area contributed by atoms with Crippen LogP contribution < -0.4 is 0 Å². The van der Waals surface area contributed by atoms with E-state index in [1.807, 2.05) is 0 Å². The maximum atomic E-state index is 11.6. The fourth-order valence-electron chi connectivity index (χ4n) is 0.905. The SMILES string of the molecule is COC(C)(C)C(=O)Cc1ccoc1. The van der Waals surface area contributed by atoms with Crippen LogP contribution in [0.3, 0.4) is 0 Å². The summed E-state index contributed by atoms with van der Waals surface area (Å²) < 4.78 is 9.94. The maximum Gasteiger partial charge on any atom is 0.168 e. The fourth-order valence-corrected chi connectivity index (χ4v) is 0.905. The third-order valence-electron chi connectivity index (χ3n) is 2.13. The van der Waals surface area contributed by atoms with E-state index in [4.69, 9.17) is 9.15 Å². The van der Waals surface area contributed by atoms with E-state index in [0.717, 1.165) is 5.56 Å². The highest BCUT2D eigenvalue weighted by atomic mass is 16.5. The van der Waals surface area contributed by atoms with Crippen molar-refractivity contribution in [3.8, 4) is 0 Å². The molecule has 0 aliphatic heterocycles. The van der Waals surface area contributed by atoms with Gasteiger partial charge >= 0.3 is 0 Å². The van der Waals surface area contributed by atoms with E-state index in [-0.39, 0.29) is 5.78 Å². The molecule has 3 heteroatoms. The number of Topliss-reactive ketones (excluding diaryl/α,β-unsaturated/α-hetero) is 1. The molecule has 0 saturated carbocycles. The van der Waals surface area contributed by atoms with Gasteiger partial charge in [-0.05, 0) is 25.5 Å². The Bertz CT molecular complexity index is 272. The molecule has 0 spiro atoms. The molecular formula is C10H14O3. The zero-order valence-electron chi connectivity index (χ0n) is 8.16. The molecule has 0 radical (unpaired) electrons. The van der Waals surface area contributed by atoms with E-state index in [9.17, 15) is 4.79 Å². The molecule has 0 atom stereocenters. The van der Waals surface area contributed by atoms with Gasteiger partial charge in [0.15, 0.2) is 5.78 Å². The minimum atomic E-state index is -0.711. The second-order valence-corrected chi connectivity index (χ2v) is 3.45. The topological polar surface area (TPSA) is 39.4 Å². The Morgan fingerprint density at radius 2 is 2.31 bits per heavy atom. The lowest BCUT2D eigenvalue weighted by atomic mass is 9.98. The van der Waals surface area contributed by atoms with Crippen LogP contribution in [-0.2, 0) is 16.0 Å². The number of methoxy groups -OCH3 is 1. The molecule has 0 aliphatic rings. The van der Waals surface area contributed by atoms with Crippen LogP contribution in [-0.4, -0.2) is 18.5 Å². The molecule has 0 N–H and O–H groups in total. The molecule has 1 rings (SSSR count). The van der Waals surface area contributed by atoms with Crippen molar-refractivity contribution in [1.82, 2.24) is 0 Å². The lowest BCUT2D eigenvalue weighted by Gasteiger charge is -2.20. The summed E-state index contributed by atoms with van der Waals surface area (Å²) in [7, 11) is 1.53. The molecule has 1 aromatic heterocycles. The number of rotatable bonds is 4. The normalized spacial score (nSPS) is 11.6. The molecule has 0 saturated heterocycles. The number of carbonyl (C=O) groups excluding carboxylic acids is 1. The molecule has 0 fully saturated rings. The van der Waals surface area contributed by atoms with Crippen LogP contribution in [0.1, 0.15) is 19.4 Å². The van der Waals surface area contributed by atoms with Crippen LogP contribution in [0.4, 0.5) is 0 Å². The van der Waals surface area contributed by atoms with E-state index < -0.39 is 5.60 Å². The van der Waals surface area contributed by atoms with Gasteiger partial charge in [-0.2, -0.15) is 0 Å². The van der Waals surface area contributed by atoms with E-state index in [1.165, 1.54) is 7.11 Å². The van der Waals surface area contributed by atoms with E-state index in [0.29, 0.717) is 6.42 Å². The zero-order valence-corrected chi connectivity index (χ0v) is 8.16. The number of ether oxygens (including phenoxy) is 1. The molecule has 1 aromatic rings. The average molecular weight is 182 g/mol. The van der Waals surface area contributed by atoms with Gasteiger partial charge in [0.25, 0.3) is 0 Å². The zero-order chi connectivity index (χ0) is 9.90. The smallest absolute Gasteiger partial charge is 0.168 e. The van der Waals surface area contributed by atoms with Crippen molar-refractivity contribution in [2.45, 2.75) is 25.9 Å². The first-order chi connectivity index (χ1) is 6.06. The molecule has 0 aromatic carbocycles. The van der Waals surface area contributed by atoms with Gasteiger partial charge in [0, 0.05) is 13.5 Å². The number of hydrogen-bond acceptors (Lipinski definition) is 3. The Morgan fingerprint density at radius 3 is 2.77 bits per heavy atom. The van der Waals surface area contributed by atoms with Crippen LogP contribution in [0.25, 0.3) is 0 Å². The van der Waals surface area contributed by atoms with Crippen LogP contribution in [0.15, 0.2) is 23.0 Å². The molecule has 0 bridgehead atoms. The lowest BCUT2D eigenvalue weighted by molar-refractivity contribution is -0.136. The largest absolute Gasteiger partial charge is 0.472 e. The molecule has 3 nitrogen and oxygen atoms in total. The van der Waals surface area contributed by atoms with Crippen molar-refractivity contribution < 1.29 is 13.9 Å². The Labute approximate surface area is 77.7 Å². The summed E-state index contributed by atoms with van der Waals surface area (Å²) in [5.74, 6) is 0.0522. The van der Waals surface area contributed by atoms with Crippen molar-refractivity contribution in [2.75, 3.05) is 7.11 Å². The summed E-state index contributed by atoms with van der Waals surface area (Å²) >= 11 is 0. The second-order valence-electron chi connectivity index (χ2n) is 3.45. The molecule has 13 heavy (non-hydrogen) atoms. The predicted molar refractivity (Wildman–Crippen MR) is 48.5 cm³/mol. The van der Waals surface area contributed by atoms with Crippen molar-refractivity contribution in [3.63, 3.8) is 0 Å². The molecule has 0 amide bonds. The lowest BCUT2D eigenvalue weighted by Crippen LogP contribution is -2.34. The summed E-state index contributed by atoms with van der Waals surface area (Å²) in [6.07, 6.45) is 3.49. The highest BCUT2D eigenvalue weighted by molar-refractivity contribution is 5.88. The minimum absolute atomic E-state index is 0.0522. The summed E-state index contributed by atoms with van der Waals surface area (Å²) in [6.45, 7) is 3.52. The summed E-state index contributed by atoms with van der Waals surface area (Å²) in [5, 5.41) is 0. The van der Waals surface area contributed by atoms with Gasteiger partial charge in [-0.3, -0.25) is 4.79 Å². The van der Waals surface area contributed by atoms with Gasteiger partial charge < -0.3 is 9.15 Å². The van der Waals surface area contributed by atoms with Gasteiger partial charge in [0.1, 0.15) is 5.60 Å². The first-order valence-electron chi connectivity index (χ1n) is 4.16. The molecule has 1 heterocycles. The first-order valence-corrected chi connectivity index (χ1v) is 4.16. The van der Waals surface area contributed by atoms with Crippen LogP contribution in [0.2, 0.25) is 0 Å². The van der Waals surface area contributed by atoms with E-state index >= 15 is 0 Å². The Hall–Kier alpha value is -1.09. The Morgan fingerprint density at radius 1 is 1.62 bits per heavy atom. The fraction of sp³-hybridized carbons (Fsp3) is 0.500. The summed E-state index contributed by atoms with van der Waals surface area (Å²) in [6, 6.07) is 1.78. The van der Waals surface area contributed by atoms with Gasteiger partial charge in [-0.1, -0.05) is 0 Å².